The van der Waals surface area contributed by atoms with Gasteiger partial charge in [-0.25, -0.2) is 8.42 Å². The van der Waals surface area contributed by atoms with Crippen LogP contribution in [0.3, 0.4) is 0 Å². The summed E-state index contributed by atoms with van der Waals surface area (Å²) in [7, 11) is -3.48. The Kier molecular flexibility index (Phi) is 4.91. The van der Waals surface area contributed by atoms with Crippen molar-refractivity contribution in [2.24, 2.45) is 0 Å². The van der Waals surface area contributed by atoms with E-state index in [0.717, 1.165) is 11.1 Å². The molecule has 29 heavy (non-hydrogen) atoms. The van der Waals surface area contributed by atoms with Crippen LogP contribution in [-0.2, 0) is 15.4 Å². The fourth-order valence-corrected chi connectivity index (χ4v) is 5.34. The van der Waals surface area contributed by atoms with E-state index >= 15 is 0 Å². The van der Waals surface area contributed by atoms with Crippen LogP contribution in [0.25, 0.3) is 16.5 Å². The smallest absolute Gasteiger partial charge is 0.243 e. The molecule has 1 aromatic heterocycles. The molecule has 0 saturated heterocycles. The lowest BCUT2D eigenvalue weighted by molar-refractivity contribution is 0.441. The molecule has 0 amide bonds. The van der Waals surface area contributed by atoms with Crippen LogP contribution >= 0.6 is 0 Å². The van der Waals surface area contributed by atoms with E-state index in [1.165, 1.54) is 22.1 Å². The van der Waals surface area contributed by atoms with Crippen molar-refractivity contribution in [2.75, 3.05) is 13.1 Å². The summed E-state index contributed by atoms with van der Waals surface area (Å²) in [4.78, 5) is 3.73. The summed E-state index contributed by atoms with van der Waals surface area (Å²) in [5.74, 6) is 0. The number of aryl methyl sites for hydroxylation is 1. The minimum Gasteiger partial charge on any atom is -0.360 e. The maximum atomic E-state index is 13.1. The number of H-pyrrole nitrogens is 1. The Hall–Kier alpha value is -2.37. The fraction of sp³-hybridized carbons (Fsp3) is 0.333. The lowest BCUT2D eigenvalue weighted by Crippen LogP contribution is -2.34. The molecule has 0 saturated carbocycles. The second kappa shape index (κ2) is 7.15. The molecule has 0 aliphatic carbocycles. The highest BCUT2D eigenvalue weighted by Gasteiger charge is 2.27. The van der Waals surface area contributed by atoms with Crippen molar-refractivity contribution in [1.82, 2.24) is 9.29 Å². The summed E-state index contributed by atoms with van der Waals surface area (Å²) < 4.78 is 27.7. The highest BCUT2D eigenvalue weighted by Crippen LogP contribution is 2.32. The van der Waals surface area contributed by atoms with Crippen molar-refractivity contribution in [2.45, 2.75) is 44.4 Å². The van der Waals surface area contributed by atoms with Crippen LogP contribution in [0.2, 0.25) is 0 Å². The lowest BCUT2D eigenvalue weighted by Gasteiger charge is -2.26. The van der Waals surface area contributed by atoms with Crippen LogP contribution in [0.1, 0.15) is 43.9 Å². The van der Waals surface area contributed by atoms with E-state index in [4.69, 9.17) is 0 Å². The van der Waals surface area contributed by atoms with Gasteiger partial charge in [0.15, 0.2) is 0 Å². The minimum atomic E-state index is -3.48. The first-order chi connectivity index (χ1) is 13.7. The first-order valence-corrected chi connectivity index (χ1v) is 11.5. The molecule has 1 N–H and O–H groups in total. The zero-order valence-electron chi connectivity index (χ0n) is 17.5. The highest BCUT2D eigenvalue weighted by atomic mass is 32.2. The van der Waals surface area contributed by atoms with E-state index in [1.807, 2.05) is 18.3 Å². The van der Waals surface area contributed by atoms with Crippen LogP contribution in [-0.4, -0.2) is 30.8 Å². The molecule has 2 heterocycles. The number of para-hydroxylation sites is 1. The molecule has 4 nitrogen and oxygen atoms in total. The molecule has 1 aliphatic rings. The van der Waals surface area contributed by atoms with Crippen LogP contribution in [0.15, 0.2) is 59.6 Å². The largest absolute Gasteiger partial charge is 0.360 e. The molecule has 3 aromatic rings. The molecule has 0 bridgehead atoms. The number of fused-ring (bicyclic) bond motifs is 1. The molecule has 152 valence electrons. The molecule has 2 aromatic carbocycles. The van der Waals surface area contributed by atoms with Crippen LogP contribution < -0.4 is 0 Å². The standard InChI is InChI=1S/C24H28N2O2S/c1-17-6-5-7-21-22(16-25-23(17)21)18-12-14-26(15-13-18)29(27,28)20-10-8-19(9-11-20)24(2,3)4/h5-12,16,25H,13-15H2,1-4H3. The maximum absolute atomic E-state index is 13.1. The number of aromatic amines is 1. The molecule has 0 spiro atoms. The Bertz CT molecular complexity index is 1180. The fourth-order valence-electron chi connectivity index (χ4n) is 3.96. The second-order valence-corrected chi connectivity index (χ2v) is 10.8. The first-order valence-electron chi connectivity index (χ1n) is 10.0. The molecule has 4 rings (SSSR count). The predicted octanol–water partition coefficient (Wildman–Crippen LogP) is 5.25. The van der Waals surface area contributed by atoms with Crippen molar-refractivity contribution in [3.63, 3.8) is 0 Å². The van der Waals surface area contributed by atoms with Crippen LogP contribution in [0, 0.1) is 6.92 Å². The third-order valence-electron chi connectivity index (χ3n) is 5.80. The van der Waals surface area contributed by atoms with E-state index in [1.54, 1.807) is 16.4 Å². The van der Waals surface area contributed by atoms with Gasteiger partial charge in [0.05, 0.1) is 4.90 Å². The summed E-state index contributed by atoms with van der Waals surface area (Å²) in [6.07, 6.45) is 4.80. The highest BCUT2D eigenvalue weighted by molar-refractivity contribution is 7.89. The van der Waals surface area contributed by atoms with Crippen molar-refractivity contribution in [3.8, 4) is 0 Å². The number of hydrogen-bond acceptors (Lipinski definition) is 2. The van der Waals surface area contributed by atoms with Crippen LogP contribution in [0.4, 0.5) is 0 Å². The first kappa shape index (κ1) is 19.9. The SMILES string of the molecule is Cc1cccc2c(C3=CCN(S(=O)(=O)c4ccc(C(C)(C)C)cc4)CC3)c[nH]c12. The van der Waals surface area contributed by atoms with Gasteiger partial charge in [-0.3, -0.25) is 0 Å². The van der Waals surface area contributed by atoms with Gasteiger partial charge in [0, 0.05) is 35.8 Å². The molecular formula is C24H28N2O2S. The number of rotatable bonds is 3. The Morgan fingerprint density at radius 3 is 2.38 bits per heavy atom. The van der Waals surface area contributed by atoms with Gasteiger partial charge < -0.3 is 4.98 Å². The third kappa shape index (κ3) is 3.65. The number of aromatic nitrogens is 1. The minimum absolute atomic E-state index is 0.00272. The van der Waals surface area contributed by atoms with Gasteiger partial charge in [0.1, 0.15) is 0 Å². The Morgan fingerprint density at radius 2 is 1.76 bits per heavy atom. The predicted molar refractivity (Wildman–Crippen MR) is 120 cm³/mol. The molecule has 0 fully saturated rings. The van der Waals surface area contributed by atoms with E-state index in [2.05, 4.69) is 57.0 Å². The van der Waals surface area contributed by atoms with E-state index in [-0.39, 0.29) is 5.41 Å². The summed E-state index contributed by atoms with van der Waals surface area (Å²) >= 11 is 0. The van der Waals surface area contributed by atoms with Gasteiger partial charge in [-0.15, -0.1) is 0 Å². The van der Waals surface area contributed by atoms with Gasteiger partial charge in [0.25, 0.3) is 0 Å². The molecule has 0 unspecified atom stereocenters. The Labute approximate surface area is 173 Å². The molecular weight excluding hydrogens is 380 g/mol. The molecule has 5 heteroatoms. The van der Waals surface area contributed by atoms with Gasteiger partial charge in [-0.2, -0.15) is 4.31 Å². The van der Waals surface area contributed by atoms with Gasteiger partial charge in [-0.05, 0) is 47.6 Å². The number of sulfonamides is 1. The monoisotopic (exact) mass is 408 g/mol. The van der Waals surface area contributed by atoms with Crippen molar-refractivity contribution in [1.29, 1.82) is 0 Å². The van der Waals surface area contributed by atoms with E-state index in [0.29, 0.717) is 24.4 Å². The van der Waals surface area contributed by atoms with Crippen molar-refractivity contribution in [3.05, 3.63) is 71.4 Å². The number of nitrogens with zero attached hydrogens (tertiary/aromatic N) is 1. The normalized spacial score (nSPS) is 16.2. The van der Waals surface area contributed by atoms with Gasteiger partial charge in [0.2, 0.25) is 10.0 Å². The Morgan fingerprint density at radius 1 is 1.03 bits per heavy atom. The average Bonchev–Trinajstić information content (AvgIpc) is 3.13. The van der Waals surface area contributed by atoms with Crippen molar-refractivity contribution < 1.29 is 8.42 Å². The summed E-state index contributed by atoms with van der Waals surface area (Å²) in [6, 6.07) is 13.6. The van der Waals surface area contributed by atoms with Gasteiger partial charge in [-0.1, -0.05) is 57.2 Å². The van der Waals surface area contributed by atoms with Crippen molar-refractivity contribution >= 4 is 26.5 Å². The summed E-state index contributed by atoms with van der Waals surface area (Å²) in [5, 5.41) is 1.20. The lowest BCUT2D eigenvalue weighted by atomic mass is 9.87. The maximum Gasteiger partial charge on any atom is 0.243 e. The number of hydrogen-bond donors (Lipinski definition) is 1. The second-order valence-electron chi connectivity index (χ2n) is 8.82. The van der Waals surface area contributed by atoms with E-state index < -0.39 is 10.0 Å². The zero-order valence-corrected chi connectivity index (χ0v) is 18.3. The molecule has 0 atom stereocenters. The summed E-state index contributed by atoms with van der Waals surface area (Å²) in [6.45, 7) is 9.36. The zero-order chi connectivity index (χ0) is 20.8. The number of benzene rings is 2. The molecule has 1 aliphatic heterocycles. The molecule has 0 radical (unpaired) electrons. The Balaban J connectivity index is 1.58. The topological polar surface area (TPSA) is 53.2 Å². The third-order valence-corrected chi connectivity index (χ3v) is 7.68. The van der Waals surface area contributed by atoms with E-state index in [9.17, 15) is 8.42 Å². The van der Waals surface area contributed by atoms with Crippen LogP contribution in [0.5, 0.6) is 0 Å². The van der Waals surface area contributed by atoms with Gasteiger partial charge >= 0.3 is 0 Å². The quantitative estimate of drug-likeness (QED) is 0.643. The number of nitrogens with one attached hydrogen (secondary N) is 1. The average molecular weight is 409 g/mol. The summed E-state index contributed by atoms with van der Waals surface area (Å²) in [5.41, 5.74) is 5.88.